The highest BCUT2D eigenvalue weighted by Gasteiger charge is 2.25. The number of hydrogen-bond acceptors (Lipinski definition) is 1. The van der Waals surface area contributed by atoms with Gasteiger partial charge in [-0.3, -0.25) is 0 Å². The van der Waals surface area contributed by atoms with E-state index in [1.807, 2.05) is 18.2 Å². The van der Waals surface area contributed by atoms with Gasteiger partial charge in [0.15, 0.2) is 0 Å². The van der Waals surface area contributed by atoms with E-state index in [4.69, 9.17) is 5.26 Å². The molecule has 1 nitrogen and oxygen atoms in total. The molecular formula is C34H51N. The third-order valence-electron chi connectivity index (χ3n) is 8.98. The summed E-state index contributed by atoms with van der Waals surface area (Å²) in [6.07, 6.45) is 32.7. The van der Waals surface area contributed by atoms with Gasteiger partial charge in [-0.25, -0.2) is 0 Å². The molecule has 1 heteroatoms. The first-order chi connectivity index (χ1) is 17.3. The molecule has 0 radical (unpaired) electrons. The molecule has 0 heterocycles. The van der Waals surface area contributed by atoms with Gasteiger partial charge in [0.25, 0.3) is 0 Å². The van der Waals surface area contributed by atoms with Gasteiger partial charge in [0.1, 0.15) is 0 Å². The molecule has 192 valence electrons. The fourth-order valence-corrected chi connectivity index (χ4v) is 6.56. The fourth-order valence-electron chi connectivity index (χ4n) is 6.56. The molecule has 3 rings (SSSR count). The van der Waals surface area contributed by atoms with Crippen molar-refractivity contribution in [3.05, 3.63) is 59.7 Å². The van der Waals surface area contributed by atoms with Crippen LogP contribution >= 0.6 is 0 Å². The molecule has 1 aromatic rings. The first-order valence-corrected chi connectivity index (χ1v) is 15.1. The van der Waals surface area contributed by atoms with Crippen molar-refractivity contribution in [3.63, 3.8) is 0 Å². The second-order valence-electron chi connectivity index (χ2n) is 11.6. The van der Waals surface area contributed by atoms with Crippen molar-refractivity contribution in [1.29, 1.82) is 5.26 Å². The molecule has 0 unspecified atom stereocenters. The normalized spacial score (nSPS) is 25.3. The molecule has 0 spiro atoms. The lowest BCUT2D eigenvalue weighted by Gasteiger charge is -2.32. The second-order valence-corrected chi connectivity index (χ2v) is 11.6. The van der Waals surface area contributed by atoms with Gasteiger partial charge in [-0.1, -0.05) is 114 Å². The number of hydrogen-bond donors (Lipinski definition) is 0. The Hall–Kier alpha value is -1.81. The first-order valence-electron chi connectivity index (χ1n) is 15.1. The standard InChI is InChI=1S/C34H51N/c1-2-3-4-6-9-13-30-20-24-33(25-21-30)34-26-22-32(23-27-34)19-18-31-16-14-29(15-17-31)12-10-7-5-8-11-28-35/h5,7-8,11,20-21,24-25,29,31-32,34H,2-4,6,9-10,12-19,22-23,26-27H2,1H3. The maximum absolute atomic E-state index is 8.51. The minimum Gasteiger partial charge on any atom is -0.193 e. The van der Waals surface area contributed by atoms with Crippen molar-refractivity contribution in [2.75, 3.05) is 0 Å². The van der Waals surface area contributed by atoms with Crippen LogP contribution in [0.1, 0.15) is 133 Å². The average Bonchev–Trinajstić information content (AvgIpc) is 2.91. The number of unbranched alkanes of at least 4 members (excludes halogenated alkanes) is 4. The molecule has 0 saturated heterocycles. The van der Waals surface area contributed by atoms with Gasteiger partial charge >= 0.3 is 0 Å². The molecule has 0 bridgehead atoms. The van der Waals surface area contributed by atoms with Crippen LogP contribution in [0.5, 0.6) is 0 Å². The van der Waals surface area contributed by atoms with Crippen molar-refractivity contribution >= 4 is 0 Å². The summed E-state index contributed by atoms with van der Waals surface area (Å²) < 4.78 is 0. The maximum Gasteiger partial charge on any atom is 0.0912 e. The van der Waals surface area contributed by atoms with E-state index in [2.05, 4.69) is 37.3 Å². The summed E-state index contributed by atoms with van der Waals surface area (Å²) in [5.41, 5.74) is 3.14. The van der Waals surface area contributed by atoms with Crippen molar-refractivity contribution in [3.8, 4) is 6.07 Å². The lowest BCUT2D eigenvalue weighted by atomic mass is 9.74. The topological polar surface area (TPSA) is 23.8 Å². The van der Waals surface area contributed by atoms with Crippen LogP contribution in [0.2, 0.25) is 0 Å². The molecule has 0 aliphatic heterocycles. The van der Waals surface area contributed by atoms with E-state index in [1.165, 1.54) is 115 Å². The predicted octanol–water partition coefficient (Wildman–Crippen LogP) is 10.5. The second kappa shape index (κ2) is 16.8. The highest BCUT2D eigenvalue weighted by molar-refractivity contribution is 5.26. The average molecular weight is 474 g/mol. The Labute approximate surface area is 217 Å². The zero-order chi connectivity index (χ0) is 24.6. The lowest BCUT2D eigenvalue weighted by molar-refractivity contribution is 0.225. The third kappa shape index (κ3) is 10.8. The number of rotatable bonds is 14. The van der Waals surface area contributed by atoms with E-state index in [1.54, 1.807) is 11.6 Å². The first kappa shape index (κ1) is 27.8. The van der Waals surface area contributed by atoms with Crippen molar-refractivity contribution in [2.24, 2.45) is 17.8 Å². The molecule has 0 amide bonds. The Kier molecular flexibility index (Phi) is 13.3. The van der Waals surface area contributed by atoms with Crippen molar-refractivity contribution in [1.82, 2.24) is 0 Å². The quantitative estimate of drug-likeness (QED) is 0.150. The summed E-state index contributed by atoms with van der Waals surface area (Å²) >= 11 is 0. The van der Waals surface area contributed by atoms with Crippen molar-refractivity contribution < 1.29 is 0 Å². The molecule has 2 fully saturated rings. The van der Waals surface area contributed by atoms with Gasteiger partial charge in [0.2, 0.25) is 0 Å². The highest BCUT2D eigenvalue weighted by atomic mass is 14.3. The van der Waals surface area contributed by atoms with Gasteiger partial charge in [-0.05, 0) is 86.2 Å². The highest BCUT2D eigenvalue weighted by Crippen LogP contribution is 2.40. The maximum atomic E-state index is 8.51. The van der Waals surface area contributed by atoms with Crippen LogP contribution in [0.3, 0.4) is 0 Å². The van der Waals surface area contributed by atoms with Crippen LogP contribution in [-0.4, -0.2) is 0 Å². The van der Waals surface area contributed by atoms with Crippen LogP contribution in [0.25, 0.3) is 0 Å². The monoisotopic (exact) mass is 473 g/mol. The van der Waals surface area contributed by atoms with Gasteiger partial charge < -0.3 is 0 Å². The summed E-state index contributed by atoms with van der Waals surface area (Å²) in [5, 5.41) is 8.51. The molecular weight excluding hydrogens is 422 g/mol. The van der Waals surface area contributed by atoms with E-state index in [-0.39, 0.29) is 0 Å². The molecule has 1 aromatic carbocycles. The van der Waals surface area contributed by atoms with Gasteiger partial charge in [0.05, 0.1) is 6.07 Å². The summed E-state index contributed by atoms with van der Waals surface area (Å²) in [7, 11) is 0. The Balaban J connectivity index is 1.26. The van der Waals surface area contributed by atoms with E-state index in [0.29, 0.717) is 0 Å². The van der Waals surface area contributed by atoms with Crippen LogP contribution in [0.4, 0.5) is 0 Å². The van der Waals surface area contributed by atoms with Crippen LogP contribution in [0.15, 0.2) is 48.6 Å². The zero-order valence-electron chi connectivity index (χ0n) is 22.6. The van der Waals surface area contributed by atoms with Gasteiger partial charge in [-0.2, -0.15) is 5.26 Å². The fraction of sp³-hybridized carbons (Fsp3) is 0.676. The Morgan fingerprint density at radius 3 is 1.97 bits per heavy atom. The number of allylic oxidation sites excluding steroid dienone is 4. The van der Waals surface area contributed by atoms with Crippen molar-refractivity contribution in [2.45, 2.75) is 128 Å². The smallest absolute Gasteiger partial charge is 0.0912 e. The number of benzene rings is 1. The minimum absolute atomic E-state index is 0.810. The van der Waals surface area contributed by atoms with Gasteiger partial charge in [-0.15, -0.1) is 0 Å². The van der Waals surface area contributed by atoms with Crippen LogP contribution in [0, 0.1) is 29.1 Å². The van der Waals surface area contributed by atoms with E-state index in [0.717, 1.165) is 30.1 Å². The van der Waals surface area contributed by atoms with E-state index in [9.17, 15) is 0 Å². The molecule has 0 atom stereocenters. The summed E-state index contributed by atoms with van der Waals surface area (Å²) in [5.74, 6) is 3.72. The predicted molar refractivity (Wildman–Crippen MR) is 151 cm³/mol. The molecule has 0 N–H and O–H groups in total. The Morgan fingerprint density at radius 2 is 1.34 bits per heavy atom. The Morgan fingerprint density at radius 1 is 0.743 bits per heavy atom. The SMILES string of the molecule is CCCCCCCc1ccc(C2CCC(CCC3CCC(CCC=CC=CC#N)CC3)CC2)cc1. The minimum atomic E-state index is 0.810. The third-order valence-corrected chi connectivity index (χ3v) is 8.98. The number of nitrogens with zero attached hydrogens (tertiary/aromatic N) is 1. The van der Waals surface area contributed by atoms with E-state index >= 15 is 0 Å². The number of aryl methyl sites for hydroxylation is 1. The molecule has 2 aliphatic rings. The van der Waals surface area contributed by atoms with E-state index < -0.39 is 0 Å². The number of nitriles is 1. The lowest BCUT2D eigenvalue weighted by Crippen LogP contribution is -2.17. The zero-order valence-corrected chi connectivity index (χ0v) is 22.6. The Bertz CT molecular complexity index is 764. The molecule has 2 aliphatic carbocycles. The molecule has 2 saturated carbocycles. The molecule has 35 heavy (non-hydrogen) atoms. The summed E-state index contributed by atoms with van der Waals surface area (Å²) in [6, 6.07) is 11.8. The summed E-state index contributed by atoms with van der Waals surface area (Å²) in [4.78, 5) is 0. The molecule has 0 aromatic heterocycles. The summed E-state index contributed by atoms with van der Waals surface area (Å²) in [6.45, 7) is 2.29. The van der Waals surface area contributed by atoms with Crippen LogP contribution in [-0.2, 0) is 6.42 Å². The largest absolute Gasteiger partial charge is 0.193 e. The van der Waals surface area contributed by atoms with Crippen LogP contribution < -0.4 is 0 Å². The van der Waals surface area contributed by atoms with Gasteiger partial charge in [0, 0.05) is 6.08 Å².